The molecule has 1 aliphatic carbocycles. The molecular weight excluding hydrogens is 266 g/mol. The number of nitrogens with two attached hydrogens (primary N) is 1. The fraction of sp³-hybridized carbons (Fsp3) is 0.647. The molecule has 2 fully saturated rings. The highest BCUT2D eigenvalue weighted by Crippen LogP contribution is 2.43. The number of nitrogen functional groups attached to an aromatic ring is 1. The van der Waals surface area contributed by atoms with E-state index in [1.165, 1.54) is 55.4 Å². The Labute approximate surface area is 126 Å². The molecule has 0 bridgehead atoms. The zero-order valence-corrected chi connectivity index (χ0v) is 13.2. The Morgan fingerprint density at radius 3 is 2.85 bits per heavy atom. The summed E-state index contributed by atoms with van der Waals surface area (Å²) in [6, 6.07) is 6.19. The summed E-state index contributed by atoms with van der Waals surface area (Å²) in [6.07, 6.45) is 9.61. The van der Waals surface area contributed by atoms with Gasteiger partial charge >= 0.3 is 0 Å². The molecule has 2 N–H and O–H groups in total. The summed E-state index contributed by atoms with van der Waals surface area (Å²) in [6.45, 7) is 2.11. The summed E-state index contributed by atoms with van der Waals surface area (Å²) in [4.78, 5) is 1.30. The van der Waals surface area contributed by atoms with Crippen LogP contribution in [0.25, 0.3) is 0 Å². The van der Waals surface area contributed by atoms with E-state index in [4.69, 9.17) is 10.5 Å². The topological polar surface area (TPSA) is 35.2 Å². The van der Waals surface area contributed by atoms with Gasteiger partial charge in [0.1, 0.15) is 0 Å². The average Bonchev–Trinajstić information content (AvgIpc) is 2.84. The molecule has 0 amide bonds. The molecule has 110 valence electrons. The van der Waals surface area contributed by atoms with Gasteiger partial charge in [0, 0.05) is 16.3 Å². The Morgan fingerprint density at radius 2 is 2.05 bits per heavy atom. The maximum Gasteiger partial charge on any atom is 0.0687 e. The van der Waals surface area contributed by atoms with Gasteiger partial charge in [-0.2, -0.15) is 0 Å². The summed E-state index contributed by atoms with van der Waals surface area (Å²) in [5, 5.41) is 0. The lowest BCUT2D eigenvalue weighted by Gasteiger charge is -2.33. The van der Waals surface area contributed by atoms with Crippen molar-refractivity contribution in [2.45, 2.75) is 68.5 Å². The standard InChI is InChI=1S/C17H25NOS/c1-13-15(18)6-5-7-16(13)20-12-14-8-11-17(19-14)9-3-2-4-10-17/h5-7,14H,2-4,8-12,18H2,1H3. The molecule has 1 aliphatic heterocycles. The van der Waals surface area contributed by atoms with E-state index in [1.54, 1.807) is 0 Å². The molecule has 20 heavy (non-hydrogen) atoms. The second kappa shape index (κ2) is 5.98. The molecule has 2 nitrogen and oxygen atoms in total. The van der Waals surface area contributed by atoms with Crippen molar-refractivity contribution in [3.8, 4) is 0 Å². The lowest BCUT2D eigenvalue weighted by atomic mass is 9.83. The summed E-state index contributed by atoms with van der Waals surface area (Å²) in [5.41, 5.74) is 8.32. The van der Waals surface area contributed by atoms with Crippen LogP contribution in [0.2, 0.25) is 0 Å². The minimum Gasteiger partial charge on any atom is -0.398 e. The van der Waals surface area contributed by atoms with Gasteiger partial charge in [-0.05, 0) is 50.3 Å². The van der Waals surface area contributed by atoms with Gasteiger partial charge in [-0.1, -0.05) is 25.3 Å². The zero-order valence-electron chi connectivity index (χ0n) is 12.4. The fourth-order valence-corrected chi connectivity index (χ4v) is 4.66. The SMILES string of the molecule is Cc1c(N)cccc1SCC1CCC2(CCCCC2)O1. The second-order valence-electron chi connectivity index (χ2n) is 6.30. The van der Waals surface area contributed by atoms with Gasteiger partial charge in [0.25, 0.3) is 0 Å². The molecule has 1 aromatic rings. The highest BCUT2D eigenvalue weighted by atomic mass is 32.2. The van der Waals surface area contributed by atoms with Crippen molar-refractivity contribution in [3.05, 3.63) is 23.8 Å². The first-order valence-electron chi connectivity index (χ1n) is 7.84. The van der Waals surface area contributed by atoms with Crippen LogP contribution in [-0.2, 0) is 4.74 Å². The summed E-state index contributed by atoms with van der Waals surface area (Å²) < 4.78 is 6.43. The van der Waals surface area contributed by atoms with E-state index < -0.39 is 0 Å². The minimum absolute atomic E-state index is 0.244. The van der Waals surface area contributed by atoms with E-state index in [2.05, 4.69) is 13.0 Å². The Balaban J connectivity index is 1.56. The Kier molecular flexibility index (Phi) is 4.27. The maximum absolute atomic E-state index is 6.43. The quantitative estimate of drug-likeness (QED) is 0.655. The van der Waals surface area contributed by atoms with Crippen LogP contribution in [0.5, 0.6) is 0 Å². The highest BCUT2D eigenvalue weighted by Gasteiger charge is 2.40. The van der Waals surface area contributed by atoms with Gasteiger partial charge in [-0.25, -0.2) is 0 Å². The van der Waals surface area contributed by atoms with E-state index in [9.17, 15) is 0 Å². The van der Waals surface area contributed by atoms with Gasteiger partial charge in [0.2, 0.25) is 0 Å². The summed E-state index contributed by atoms with van der Waals surface area (Å²) in [7, 11) is 0. The molecule has 1 heterocycles. The average molecular weight is 291 g/mol. The van der Waals surface area contributed by atoms with Crippen LogP contribution in [0.15, 0.2) is 23.1 Å². The number of rotatable bonds is 3. The first kappa shape index (κ1) is 14.3. The van der Waals surface area contributed by atoms with Gasteiger partial charge in [0.15, 0.2) is 0 Å². The molecule has 2 aliphatic rings. The van der Waals surface area contributed by atoms with Crippen molar-refractivity contribution in [3.63, 3.8) is 0 Å². The smallest absolute Gasteiger partial charge is 0.0687 e. The van der Waals surface area contributed by atoms with Crippen molar-refractivity contribution in [2.75, 3.05) is 11.5 Å². The van der Waals surface area contributed by atoms with Crippen LogP contribution in [0.1, 0.15) is 50.5 Å². The second-order valence-corrected chi connectivity index (χ2v) is 7.37. The number of anilines is 1. The van der Waals surface area contributed by atoms with Crippen LogP contribution >= 0.6 is 11.8 Å². The van der Waals surface area contributed by atoms with E-state index in [0.29, 0.717) is 6.10 Å². The predicted molar refractivity (Wildman–Crippen MR) is 86.2 cm³/mol. The molecule has 3 heteroatoms. The summed E-state index contributed by atoms with van der Waals surface area (Å²) in [5.74, 6) is 1.06. The molecule has 1 saturated carbocycles. The number of benzene rings is 1. The van der Waals surface area contributed by atoms with E-state index in [0.717, 1.165) is 11.4 Å². The highest BCUT2D eigenvalue weighted by molar-refractivity contribution is 7.99. The zero-order chi connectivity index (χ0) is 14.0. The molecule has 1 aromatic carbocycles. The van der Waals surface area contributed by atoms with Crippen molar-refractivity contribution < 1.29 is 4.74 Å². The Bertz CT molecular complexity index is 468. The minimum atomic E-state index is 0.244. The van der Waals surface area contributed by atoms with Gasteiger partial charge in [0.05, 0.1) is 11.7 Å². The van der Waals surface area contributed by atoms with Crippen molar-refractivity contribution >= 4 is 17.4 Å². The van der Waals surface area contributed by atoms with E-state index in [-0.39, 0.29) is 5.60 Å². The number of ether oxygens (including phenoxy) is 1. The van der Waals surface area contributed by atoms with E-state index >= 15 is 0 Å². The van der Waals surface area contributed by atoms with Crippen LogP contribution < -0.4 is 5.73 Å². The van der Waals surface area contributed by atoms with Crippen LogP contribution in [0, 0.1) is 6.92 Å². The molecule has 1 spiro atoms. The lowest BCUT2D eigenvalue weighted by Crippen LogP contribution is -2.32. The first-order valence-corrected chi connectivity index (χ1v) is 8.83. The third-order valence-electron chi connectivity index (χ3n) is 4.85. The normalized spacial score (nSPS) is 25.1. The van der Waals surface area contributed by atoms with Crippen LogP contribution in [0.4, 0.5) is 5.69 Å². The van der Waals surface area contributed by atoms with Crippen LogP contribution in [0.3, 0.4) is 0 Å². The fourth-order valence-electron chi connectivity index (χ4n) is 3.55. The van der Waals surface area contributed by atoms with Crippen molar-refractivity contribution in [1.82, 2.24) is 0 Å². The number of hydrogen-bond donors (Lipinski definition) is 1. The molecule has 1 saturated heterocycles. The van der Waals surface area contributed by atoms with Crippen LogP contribution in [-0.4, -0.2) is 17.5 Å². The first-order chi connectivity index (χ1) is 9.69. The van der Waals surface area contributed by atoms with E-state index in [1.807, 2.05) is 23.9 Å². The molecular formula is C17H25NOS. The number of thioether (sulfide) groups is 1. The Morgan fingerprint density at radius 1 is 1.25 bits per heavy atom. The van der Waals surface area contributed by atoms with Crippen molar-refractivity contribution in [2.24, 2.45) is 0 Å². The van der Waals surface area contributed by atoms with Crippen molar-refractivity contribution in [1.29, 1.82) is 0 Å². The largest absolute Gasteiger partial charge is 0.398 e. The monoisotopic (exact) mass is 291 g/mol. The third kappa shape index (κ3) is 2.99. The third-order valence-corrected chi connectivity index (χ3v) is 6.15. The van der Waals surface area contributed by atoms with Gasteiger partial charge in [-0.3, -0.25) is 0 Å². The van der Waals surface area contributed by atoms with Gasteiger partial charge < -0.3 is 10.5 Å². The maximum atomic E-state index is 6.43. The Hall–Kier alpha value is -0.670. The molecule has 3 rings (SSSR count). The molecule has 0 aromatic heterocycles. The molecule has 1 unspecified atom stereocenters. The number of hydrogen-bond acceptors (Lipinski definition) is 3. The molecule has 0 radical (unpaired) electrons. The molecule has 1 atom stereocenters. The summed E-state index contributed by atoms with van der Waals surface area (Å²) >= 11 is 1.90. The predicted octanol–water partition coefficient (Wildman–Crippen LogP) is 4.55. The van der Waals surface area contributed by atoms with Gasteiger partial charge in [-0.15, -0.1) is 11.8 Å². The lowest BCUT2D eigenvalue weighted by molar-refractivity contribution is -0.0555.